The van der Waals surface area contributed by atoms with E-state index in [2.05, 4.69) is 22.1 Å². The van der Waals surface area contributed by atoms with Gasteiger partial charge in [0.2, 0.25) is 11.8 Å². The molecular weight excluding hydrogens is 564 g/mol. The van der Waals surface area contributed by atoms with Crippen molar-refractivity contribution in [3.63, 3.8) is 0 Å². The predicted octanol–water partition coefficient (Wildman–Crippen LogP) is 6.40. The zero-order valence-corrected chi connectivity index (χ0v) is 23.5. The molecule has 11 heteroatoms. The lowest BCUT2D eigenvalue weighted by molar-refractivity contribution is -0.138. The largest absolute Gasteiger partial charge is 0.474 e. The van der Waals surface area contributed by atoms with Crippen LogP contribution in [0, 0.1) is 17.8 Å². The van der Waals surface area contributed by atoms with Crippen LogP contribution in [0.3, 0.4) is 0 Å². The summed E-state index contributed by atoms with van der Waals surface area (Å²) in [6, 6.07) is 5.92. The molecule has 2 aliphatic heterocycles. The molecular formula is C29H31Cl2F3N4O2. The predicted molar refractivity (Wildman–Crippen MR) is 149 cm³/mol. The lowest BCUT2D eigenvalue weighted by atomic mass is 9.83. The number of carbonyl (C=O) groups is 1. The van der Waals surface area contributed by atoms with E-state index in [1.54, 1.807) is 18.3 Å². The number of likely N-dealkylation sites (tertiary alicyclic amines) is 1. The summed E-state index contributed by atoms with van der Waals surface area (Å²) in [6.07, 6.45) is 5.99. The molecule has 2 fully saturated rings. The van der Waals surface area contributed by atoms with Crippen LogP contribution in [0.15, 0.2) is 60.5 Å². The number of rotatable bonds is 6. The standard InChI is InChI=1S/C29H31Cl2F3N4O2/c1-18(40-27-9-7-23(31)15-36-27)24-16-38(17-25(24)19-2-5-22(30)6-3-19)28(39)20-10-12-37(13-11-20)26-8-4-21(14-35-26)29(32,33)34/h2-5,7-9,14-15,18,20,22,24-25H,6,10-13,16-17H2,1H3. The summed E-state index contributed by atoms with van der Waals surface area (Å²) in [5, 5.41) is 0.501. The number of hydrogen-bond donors (Lipinski definition) is 0. The van der Waals surface area contributed by atoms with Gasteiger partial charge in [-0.15, -0.1) is 11.6 Å². The van der Waals surface area contributed by atoms with Crippen LogP contribution in [0.25, 0.3) is 0 Å². The van der Waals surface area contributed by atoms with E-state index in [1.807, 2.05) is 22.8 Å². The van der Waals surface area contributed by atoms with E-state index >= 15 is 0 Å². The van der Waals surface area contributed by atoms with E-state index in [0.29, 0.717) is 55.7 Å². The van der Waals surface area contributed by atoms with Gasteiger partial charge in [-0.1, -0.05) is 29.8 Å². The fourth-order valence-electron chi connectivity index (χ4n) is 5.79. The maximum Gasteiger partial charge on any atom is 0.417 e. The third kappa shape index (κ3) is 6.57. The molecule has 1 amide bonds. The molecule has 0 bridgehead atoms. The van der Waals surface area contributed by atoms with Gasteiger partial charge in [-0.2, -0.15) is 13.2 Å². The normalized spacial score (nSPS) is 24.6. The highest BCUT2D eigenvalue weighted by Gasteiger charge is 2.43. The summed E-state index contributed by atoms with van der Waals surface area (Å²) < 4.78 is 44.9. The Balaban J connectivity index is 1.24. The first-order chi connectivity index (χ1) is 19.1. The second kappa shape index (κ2) is 12.0. The topological polar surface area (TPSA) is 58.6 Å². The number of alkyl halides is 4. The number of nitrogens with zero attached hydrogens (tertiary/aromatic N) is 4. The fraction of sp³-hybridized carbons (Fsp3) is 0.483. The van der Waals surface area contributed by atoms with Crippen LogP contribution in [-0.2, 0) is 11.0 Å². The summed E-state index contributed by atoms with van der Waals surface area (Å²) in [7, 11) is 0. The van der Waals surface area contributed by atoms with Crippen LogP contribution in [0.2, 0.25) is 5.02 Å². The van der Waals surface area contributed by atoms with Crippen molar-refractivity contribution in [3.05, 3.63) is 71.0 Å². The highest BCUT2D eigenvalue weighted by molar-refractivity contribution is 6.30. The van der Waals surface area contributed by atoms with E-state index in [1.165, 1.54) is 11.6 Å². The molecule has 6 nitrogen and oxygen atoms in total. The quantitative estimate of drug-likeness (QED) is 0.362. The number of ether oxygens (including phenoxy) is 1. The van der Waals surface area contributed by atoms with Gasteiger partial charge >= 0.3 is 6.18 Å². The molecule has 2 saturated heterocycles. The Morgan fingerprint density at radius 3 is 2.48 bits per heavy atom. The van der Waals surface area contributed by atoms with E-state index in [4.69, 9.17) is 27.9 Å². The van der Waals surface area contributed by atoms with Crippen LogP contribution in [0.5, 0.6) is 5.88 Å². The lowest BCUT2D eigenvalue weighted by Gasteiger charge is -2.34. The minimum atomic E-state index is -4.42. The Bertz CT molecular complexity index is 1250. The number of allylic oxidation sites excluding steroid dienone is 3. The highest BCUT2D eigenvalue weighted by atomic mass is 35.5. The summed E-state index contributed by atoms with van der Waals surface area (Å²) in [6.45, 7) is 4.28. The number of hydrogen-bond acceptors (Lipinski definition) is 5. The summed E-state index contributed by atoms with van der Waals surface area (Å²) in [5.41, 5.74) is 0.397. The maximum atomic E-state index is 13.7. The molecule has 1 aliphatic carbocycles. The van der Waals surface area contributed by atoms with Gasteiger partial charge in [-0.05, 0) is 50.0 Å². The SMILES string of the molecule is CC(Oc1ccc(Cl)cn1)C1CN(C(=O)C2CCN(c3ccc(C(F)(F)F)cn3)CC2)CC1C1=CCC(Cl)C=C1. The van der Waals surface area contributed by atoms with Gasteiger partial charge in [0, 0.05) is 62.4 Å². The molecule has 2 aromatic heterocycles. The Hall–Kier alpha value is -2.78. The van der Waals surface area contributed by atoms with Crippen LogP contribution >= 0.6 is 23.2 Å². The second-order valence-electron chi connectivity index (χ2n) is 10.6. The number of halogens is 5. The number of aromatic nitrogens is 2. The molecule has 5 rings (SSSR count). The highest BCUT2D eigenvalue weighted by Crippen LogP contribution is 2.38. The van der Waals surface area contributed by atoms with Gasteiger partial charge in [0.25, 0.3) is 0 Å². The maximum absolute atomic E-state index is 13.7. The first-order valence-electron chi connectivity index (χ1n) is 13.5. The second-order valence-corrected chi connectivity index (χ2v) is 11.6. The van der Waals surface area contributed by atoms with Crippen LogP contribution in [0.1, 0.15) is 31.7 Å². The lowest BCUT2D eigenvalue weighted by Crippen LogP contribution is -2.42. The molecule has 0 radical (unpaired) electrons. The molecule has 0 N–H and O–H groups in total. The number of pyridine rings is 2. The smallest absolute Gasteiger partial charge is 0.417 e. The summed E-state index contributed by atoms with van der Waals surface area (Å²) in [4.78, 5) is 25.9. The van der Waals surface area contributed by atoms with Crippen molar-refractivity contribution in [2.45, 2.75) is 43.8 Å². The average Bonchev–Trinajstić information content (AvgIpc) is 3.40. The van der Waals surface area contributed by atoms with E-state index in [-0.39, 0.29) is 35.1 Å². The first-order valence-corrected chi connectivity index (χ1v) is 14.3. The Labute approximate surface area is 241 Å². The number of carbonyl (C=O) groups excluding carboxylic acids is 1. The van der Waals surface area contributed by atoms with Crippen molar-refractivity contribution in [1.82, 2.24) is 14.9 Å². The third-order valence-electron chi connectivity index (χ3n) is 8.03. The van der Waals surface area contributed by atoms with Crippen molar-refractivity contribution in [3.8, 4) is 5.88 Å². The zero-order chi connectivity index (χ0) is 28.4. The fourth-order valence-corrected chi connectivity index (χ4v) is 6.06. The van der Waals surface area contributed by atoms with E-state index in [9.17, 15) is 18.0 Å². The van der Waals surface area contributed by atoms with E-state index < -0.39 is 11.7 Å². The summed E-state index contributed by atoms with van der Waals surface area (Å²) in [5.74, 6) is 1.10. The van der Waals surface area contributed by atoms with Gasteiger partial charge in [0.1, 0.15) is 11.9 Å². The van der Waals surface area contributed by atoms with Crippen LogP contribution in [0.4, 0.5) is 19.0 Å². The van der Waals surface area contributed by atoms with Crippen molar-refractivity contribution >= 4 is 34.9 Å². The van der Waals surface area contributed by atoms with Crippen LogP contribution in [-0.4, -0.2) is 58.4 Å². The molecule has 3 aliphatic rings. The van der Waals surface area contributed by atoms with Crippen molar-refractivity contribution in [2.24, 2.45) is 17.8 Å². The zero-order valence-electron chi connectivity index (χ0n) is 22.0. The molecule has 0 saturated carbocycles. The van der Waals surface area contributed by atoms with Gasteiger partial charge in [-0.3, -0.25) is 4.79 Å². The van der Waals surface area contributed by atoms with Crippen molar-refractivity contribution in [1.29, 1.82) is 0 Å². The third-order valence-corrected chi connectivity index (χ3v) is 8.58. The van der Waals surface area contributed by atoms with Gasteiger partial charge in [0.05, 0.1) is 16.0 Å². The monoisotopic (exact) mass is 594 g/mol. The van der Waals surface area contributed by atoms with Gasteiger partial charge in [-0.25, -0.2) is 9.97 Å². The molecule has 4 atom stereocenters. The molecule has 214 valence electrons. The van der Waals surface area contributed by atoms with Crippen molar-refractivity contribution in [2.75, 3.05) is 31.1 Å². The Morgan fingerprint density at radius 1 is 1.10 bits per heavy atom. The molecule has 4 unspecified atom stereocenters. The number of piperidine rings is 1. The average molecular weight is 595 g/mol. The van der Waals surface area contributed by atoms with Crippen LogP contribution < -0.4 is 9.64 Å². The van der Waals surface area contributed by atoms with Gasteiger partial charge in [0.15, 0.2) is 0 Å². The van der Waals surface area contributed by atoms with Crippen molar-refractivity contribution < 1.29 is 22.7 Å². The number of anilines is 1. The molecule has 4 heterocycles. The minimum absolute atomic E-state index is 0.0300. The molecule has 2 aromatic rings. The van der Waals surface area contributed by atoms with Gasteiger partial charge < -0.3 is 14.5 Å². The Morgan fingerprint density at radius 2 is 1.88 bits per heavy atom. The molecule has 0 aromatic carbocycles. The Kier molecular flexibility index (Phi) is 8.61. The number of amides is 1. The minimum Gasteiger partial charge on any atom is -0.474 e. The molecule has 40 heavy (non-hydrogen) atoms. The molecule has 0 spiro atoms. The summed E-state index contributed by atoms with van der Waals surface area (Å²) >= 11 is 12.2. The van der Waals surface area contributed by atoms with E-state index in [0.717, 1.165) is 18.7 Å². The first kappa shape index (κ1) is 28.7.